The fourth-order valence-electron chi connectivity index (χ4n) is 4.81. The van der Waals surface area contributed by atoms with Gasteiger partial charge in [-0.15, -0.1) is 11.3 Å². The van der Waals surface area contributed by atoms with Crippen molar-refractivity contribution in [1.29, 1.82) is 0 Å². The lowest BCUT2D eigenvalue weighted by Gasteiger charge is -2.32. The Labute approximate surface area is 221 Å². The van der Waals surface area contributed by atoms with Gasteiger partial charge in [-0.1, -0.05) is 24.3 Å². The van der Waals surface area contributed by atoms with E-state index in [2.05, 4.69) is 26.8 Å². The Hall–Kier alpha value is -3.41. The third-order valence-electron chi connectivity index (χ3n) is 6.82. The number of rotatable bonds is 7. The minimum absolute atomic E-state index is 0.0315. The second-order valence-electron chi connectivity index (χ2n) is 9.43. The molecule has 3 heterocycles. The number of piperazine rings is 1. The largest absolute Gasteiger partial charge is 0.484 e. The molecule has 2 aromatic heterocycles. The number of hydrogen-bond acceptors (Lipinski definition) is 6. The van der Waals surface area contributed by atoms with Crippen LogP contribution in [0.3, 0.4) is 0 Å². The van der Waals surface area contributed by atoms with E-state index in [4.69, 9.17) is 4.74 Å². The second kappa shape index (κ2) is 10.4. The highest BCUT2D eigenvalue weighted by Gasteiger charge is 2.35. The number of fused-ring (bicyclic) bond motifs is 1. The number of aromatic carboxylic acids is 1. The zero-order chi connectivity index (χ0) is 27.0. The average Bonchev–Trinajstić information content (AvgIpc) is 3.52. The number of likely N-dealkylation sites (N-methyl/N-ethyl adjacent to an activating group) is 1. The molecule has 0 spiro atoms. The highest BCUT2D eigenvalue weighted by atomic mass is 32.1. The number of halogens is 3. The first-order valence-corrected chi connectivity index (χ1v) is 13.0. The molecule has 1 fully saturated rings. The van der Waals surface area contributed by atoms with Gasteiger partial charge < -0.3 is 19.7 Å². The lowest BCUT2D eigenvalue weighted by atomic mass is 10.0. The molecule has 0 aliphatic carbocycles. The maximum atomic E-state index is 13.6. The topological polar surface area (TPSA) is 81.7 Å². The molecule has 2 aromatic carbocycles. The molecule has 0 radical (unpaired) electrons. The summed E-state index contributed by atoms with van der Waals surface area (Å²) in [6, 6.07) is 10.7. The van der Waals surface area contributed by atoms with Crippen molar-refractivity contribution in [2.45, 2.75) is 25.7 Å². The zero-order valence-electron chi connectivity index (χ0n) is 20.9. The van der Waals surface area contributed by atoms with Crippen molar-refractivity contribution < 1.29 is 27.8 Å². The van der Waals surface area contributed by atoms with Crippen LogP contribution in [0.2, 0.25) is 0 Å². The summed E-state index contributed by atoms with van der Waals surface area (Å²) in [6.45, 7) is 5.89. The number of carboxylic acid groups (broad SMARTS) is 1. The second-order valence-corrected chi connectivity index (χ2v) is 10.5. The third-order valence-corrected chi connectivity index (χ3v) is 7.94. The van der Waals surface area contributed by atoms with Crippen molar-refractivity contribution in [3.8, 4) is 16.2 Å². The van der Waals surface area contributed by atoms with E-state index in [-0.39, 0.29) is 16.2 Å². The van der Waals surface area contributed by atoms with Crippen LogP contribution in [0.15, 0.2) is 48.8 Å². The molecule has 1 aliphatic heterocycles. The molecule has 1 saturated heterocycles. The van der Waals surface area contributed by atoms with E-state index in [1.807, 2.05) is 12.1 Å². The van der Waals surface area contributed by atoms with Crippen molar-refractivity contribution in [2.24, 2.45) is 0 Å². The van der Waals surface area contributed by atoms with Crippen LogP contribution in [0.1, 0.15) is 39.4 Å². The highest BCUT2D eigenvalue weighted by molar-refractivity contribution is 7.17. The van der Waals surface area contributed by atoms with Gasteiger partial charge in [0.15, 0.2) is 4.88 Å². The fourth-order valence-corrected chi connectivity index (χ4v) is 5.83. The van der Waals surface area contributed by atoms with E-state index in [0.29, 0.717) is 11.4 Å². The summed E-state index contributed by atoms with van der Waals surface area (Å²) in [6.07, 6.45) is -3.99. The predicted octanol–water partition coefficient (Wildman–Crippen LogP) is 5.90. The number of imidazole rings is 1. The number of alkyl halides is 3. The number of hydrogen-bond donors (Lipinski definition) is 2. The minimum atomic E-state index is -4.56. The quantitative estimate of drug-likeness (QED) is 0.302. The molecule has 38 heavy (non-hydrogen) atoms. The molecule has 11 heteroatoms. The van der Waals surface area contributed by atoms with Crippen LogP contribution in [0.5, 0.6) is 5.75 Å². The fraction of sp³-hybridized carbons (Fsp3) is 0.333. The molecule has 1 atom stereocenters. The Balaban J connectivity index is 1.53. The minimum Gasteiger partial charge on any atom is -0.484 e. The number of benzene rings is 2. The van der Waals surface area contributed by atoms with Crippen molar-refractivity contribution in [3.05, 3.63) is 70.4 Å². The SMILES string of the molecule is C[C@@H](Oc1cc(-c2c(CN3CCN(C)CC3)ccc3nc[nH]c23)sc1C(=O)O)c1ccccc1C(F)(F)F. The summed E-state index contributed by atoms with van der Waals surface area (Å²) in [4.78, 5) is 24.9. The Morgan fingerprint density at radius 3 is 2.63 bits per heavy atom. The lowest BCUT2D eigenvalue weighted by molar-refractivity contribution is -0.139. The van der Waals surface area contributed by atoms with E-state index in [1.54, 1.807) is 12.4 Å². The Morgan fingerprint density at radius 1 is 1.18 bits per heavy atom. The van der Waals surface area contributed by atoms with Crippen LogP contribution in [-0.4, -0.2) is 64.1 Å². The molecule has 0 bridgehead atoms. The molecular weight excluding hydrogens is 517 g/mol. The molecular formula is C27H27F3N4O3S. The van der Waals surface area contributed by atoms with E-state index in [0.717, 1.165) is 65.7 Å². The summed E-state index contributed by atoms with van der Waals surface area (Å²) in [7, 11) is 2.09. The predicted molar refractivity (Wildman–Crippen MR) is 140 cm³/mol. The lowest BCUT2D eigenvalue weighted by Crippen LogP contribution is -2.43. The van der Waals surface area contributed by atoms with Gasteiger partial charge in [-0.3, -0.25) is 4.90 Å². The van der Waals surface area contributed by atoms with Crippen molar-refractivity contribution in [3.63, 3.8) is 0 Å². The van der Waals surface area contributed by atoms with Gasteiger partial charge in [0.05, 0.1) is 22.9 Å². The van der Waals surface area contributed by atoms with Crippen LogP contribution in [0.4, 0.5) is 13.2 Å². The van der Waals surface area contributed by atoms with Crippen LogP contribution in [-0.2, 0) is 12.7 Å². The van der Waals surface area contributed by atoms with Crippen molar-refractivity contribution >= 4 is 28.3 Å². The highest BCUT2D eigenvalue weighted by Crippen LogP contribution is 2.43. The number of H-pyrrole nitrogens is 1. The number of carbonyl (C=O) groups is 1. The average molecular weight is 545 g/mol. The van der Waals surface area contributed by atoms with Gasteiger partial charge in [0.1, 0.15) is 11.9 Å². The van der Waals surface area contributed by atoms with Gasteiger partial charge in [0.2, 0.25) is 0 Å². The van der Waals surface area contributed by atoms with E-state index in [1.165, 1.54) is 25.1 Å². The smallest absolute Gasteiger partial charge is 0.416 e. The summed E-state index contributed by atoms with van der Waals surface area (Å²) in [5, 5.41) is 9.94. The molecule has 0 amide bonds. The number of carboxylic acids is 1. The Bertz CT molecular complexity index is 1460. The molecule has 5 rings (SSSR count). The maximum Gasteiger partial charge on any atom is 0.416 e. The van der Waals surface area contributed by atoms with E-state index >= 15 is 0 Å². The first-order chi connectivity index (χ1) is 18.1. The zero-order valence-corrected chi connectivity index (χ0v) is 21.7. The normalized spacial score (nSPS) is 16.1. The van der Waals surface area contributed by atoms with E-state index < -0.39 is 23.8 Å². The van der Waals surface area contributed by atoms with Crippen LogP contribution < -0.4 is 4.74 Å². The Kier molecular flexibility index (Phi) is 7.17. The van der Waals surface area contributed by atoms with Crippen molar-refractivity contribution in [1.82, 2.24) is 19.8 Å². The molecule has 0 saturated carbocycles. The van der Waals surface area contributed by atoms with Gasteiger partial charge in [0, 0.05) is 48.7 Å². The van der Waals surface area contributed by atoms with Gasteiger partial charge >= 0.3 is 12.1 Å². The number of ether oxygens (including phenoxy) is 1. The summed E-state index contributed by atoms with van der Waals surface area (Å²) in [5.41, 5.74) is 2.47. The number of thiophene rings is 1. The van der Waals surface area contributed by atoms with Crippen LogP contribution in [0.25, 0.3) is 21.5 Å². The monoisotopic (exact) mass is 544 g/mol. The Morgan fingerprint density at radius 2 is 1.92 bits per heavy atom. The number of aromatic nitrogens is 2. The molecule has 2 N–H and O–H groups in total. The van der Waals surface area contributed by atoms with Crippen molar-refractivity contribution in [2.75, 3.05) is 33.2 Å². The van der Waals surface area contributed by atoms with Gasteiger partial charge in [0.25, 0.3) is 0 Å². The maximum absolute atomic E-state index is 13.6. The molecule has 200 valence electrons. The first kappa shape index (κ1) is 26.2. The van der Waals surface area contributed by atoms with Crippen LogP contribution in [0, 0.1) is 0 Å². The molecule has 0 unspecified atom stereocenters. The first-order valence-electron chi connectivity index (χ1n) is 12.2. The van der Waals surface area contributed by atoms with Crippen LogP contribution >= 0.6 is 11.3 Å². The van der Waals surface area contributed by atoms with Gasteiger partial charge in [-0.05, 0) is 37.7 Å². The van der Waals surface area contributed by atoms with E-state index in [9.17, 15) is 23.1 Å². The van der Waals surface area contributed by atoms with Gasteiger partial charge in [-0.25, -0.2) is 9.78 Å². The van der Waals surface area contributed by atoms with Gasteiger partial charge in [-0.2, -0.15) is 13.2 Å². The third kappa shape index (κ3) is 5.27. The number of nitrogens with zero attached hydrogens (tertiary/aromatic N) is 3. The molecule has 7 nitrogen and oxygen atoms in total. The number of aromatic amines is 1. The molecule has 1 aliphatic rings. The summed E-state index contributed by atoms with van der Waals surface area (Å²) < 4.78 is 46.7. The molecule has 4 aromatic rings. The summed E-state index contributed by atoms with van der Waals surface area (Å²) >= 11 is 1.04. The standard InChI is InChI=1S/C27H27F3N4O3S/c1-16(18-5-3-4-6-19(18)27(28,29)30)37-21-13-22(38-25(21)26(35)36)23-17(7-8-20-24(23)32-15-31-20)14-34-11-9-33(2)10-12-34/h3-8,13,15-16H,9-12,14H2,1-2H3,(H,31,32)(H,35,36)/t16-/m1/s1. The number of nitrogens with one attached hydrogen (secondary N) is 1. The summed E-state index contributed by atoms with van der Waals surface area (Å²) in [5.74, 6) is -1.17.